The van der Waals surface area contributed by atoms with Gasteiger partial charge in [-0.2, -0.15) is 26.3 Å². The topological polar surface area (TPSA) is 52.8 Å². The van der Waals surface area contributed by atoms with Gasteiger partial charge >= 0.3 is 12.4 Å². The Morgan fingerprint density at radius 3 is 2.31 bits per heavy atom. The first-order valence-electron chi connectivity index (χ1n) is 9.95. The normalized spacial score (nSPS) is 12.4. The highest BCUT2D eigenvalue weighted by Gasteiger charge is 2.37. The first-order valence-corrected chi connectivity index (χ1v) is 12.5. The lowest BCUT2D eigenvalue weighted by Gasteiger charge is -2.13. The highest BCUT2D eigenvalue weighted by atomic mass is 32.2. The fourth-order valence-corrected chi connectivity index (χ4v) is 5.64. The maximum atomic E-state index is 13.2. The molecule has 35 heavy (non-hydrogen) atoms. The molecule has 0 aliphatic heterocycles. The molecule has 0 radical (unpaired) electrons. The Labute approximate surface area is 207 Å². The first kappa shape index (κ1) is 25.7. The third kappa shape index (κ3) is 6.05. The van der Waals surface area contributed by atoms with Gasteiger partial charge in [-0.25, -0.2) is 4.98 Å². The molecule has 0 amide bonds. The number of rotatable bonds is 8. The largest absolute Gasteiger partial charge is 0.416 e. The molecule has 4 rings (SSSR count). The van der Waals surface area contributed by atoms with Crippen LogP contribution in [0.2, 0.25) is 0 Å². The second-order valence-electron chi connectivity index (χ2n) is 7.18. The molecule has 186 valence electrons. The van der Waals surface area contributed by atoms with Crippen LogP contribution in [0.1, 0.15) is 17.5 Å². The smallest absolute Gasteiger partial charge is 0.385 e. The van der Waals surface area contributed by atoms with Crippen molar-refractivity contribution in [2.45, 2.75) is 34.8 Å². The summed E-state index contributed by atoms with van der Waals surface area (Å²) in [5, 5.41) is 12.3. The fourth-order valence-electron chi connectivity index (χ4n) is 3.14. The molecule has 5 nitrogen and oxygen atoms in total. The number of benzene rings is 1. The molecule has 0 unspecified atom stereocenters. The summed E-state index contributed by atoms with van der Waals surface area (Å²) < 4.78 is 86.7. The molecule has 0 saturated carbocycles. The molecule has 0 saturated heterocycles. The van der Waals surface area contributed by atoms with E-state index >= 15 is 0 Å². The molecule has 0 aliphatic rings. The number of thiophene rings is 1. The summed E-state index contributed by atoms with van der Waals surface area (Å²) in [6, 6.07) is 5.23. The highest BCUT2D eigenvalue weighted by Crippen LogP contribution is 2.40. The molecule has 1 aromatic carbocycles. The molecule has 0 spiro atoms. The van der Waals surface area contributed by atoms with Gasteiger partial charge in [0.1, 0.15) is 0 Å². The second kappa shape index (κ2) is 10.3. The van der Waals surface area contributed by atoms with E-state index in [1.807, 2.05) is 22.1 Å². The van der Waals surface area contributed by atoms with E-state index in [0.717, 1.165) is 28.0 Å². The number of ether oxygens (including phenoxy) is 1. The standard InChI is InChI=1S/C21H16F6N4OS3/c1-32-6-3-5-31-17(16-4-2-7-33-16)29-30-18(31)35-19-28-15(11-34-19)12-8-13(20(22,23)24)10-14(9-12)21(25,26)27/h2,4,7-11H,3,5-6H2,1H3. The van der Waals surface area contributed by atoms with Gasteiger partial charge in [0.2, 0.25) is 0 Å². The molecule has 4 aromatic rings. The van der Waals surface area contributed by atoms with Gasteiger partial charge in [-0.3, -0.25) is 0 Å². The van der Waals surface area contributed by atoms with Crippen molar-refractivity contribution in [3.63, 3.8) is 0 Å². The number of halogens is 6. The summed E-state index contributed by atoms with van der Waals surface area (Å²) in [5.74, 6) is 0.656. The molecule has 0 atom stereocenters. The van der Waals surface area contributed by atoms with Crippen LogP contribution < -0.4 is 0 Å². The Balaban J connectivity index is 1.65. The van der Waals surface area contributed by atoms with Crippen molar-refractivity contribution in [1.29, 1.82) is 0 Å². The van der Waals surface area contributed by atoms with E-state index in [9.17, 15) is 26.3 Å². The van der Waals surface area contributed by atoms with E-state index in [4.69, 9.17) is 4.74 Å². The van der Waals surface area contributed by atoms with E-state index in [2.05, 4.69) is 15.2 Å². The van der Waals surface area contributed by atoms with E-state index in [1.165, 1.54) is 16.7 Å². The number of methoxy groups -OCH3 is 1. The maximum Gasteiger partial charge on any atom is 0.416 e. The van der Waals surface area contributed by atoms with E-state index < -0.39 is 23.5 Å². The lowest BCUT2D eigenvalue weighted by molar-refractivity contribution is -0.143. The van der Waals surface area contributed by atoms with Gasteiger partial charge < -0.3 is 9.30 Å². The average Bonchev–Trinajstić information content (AvgIpc) is 3.54. The number of alkyl halides is 6. The van der Waals surface area contributed by atoms with Crippen LogP contribution in [-0.2, 0) is 23.6 Å². The number of nitrogens with zero attached hydrogens (tertiary/aromatic N) is 4. The number of hydrogen-bond donors (Lipinski definition) is 0. The van der Waals surface area contributed by atoms with Crippen LogP contribution in [0.25, 0.3) is 22.0 Å². The summed E-state index contributed by atoms with van der Waals surface area (Å²) in [6.07, 6.45) is -9.17. The summed E-state index contributed by atoms with van der Waals surface area (Å²) in [5.41, 5.74) is -3.03. The lowest BCUT2D eigenvalue weighted by atomic mass is 10.0. The summed E-state index contributed by atoms with van der Waals surface area (Å²) in [4.78, 5) is 5.18. The van der Waals surface area contributed by atoms with Crippen LogP contribution in [0, 0.1) is 0 Å². The Bertz CT molecular complexity index is 1250. The minimum Gasteiger partial charge on any atom is -0.385 e. The molecule has 3 aromatic heterocycles. The van der Waals surface area contributed by atoms with Crippen LogP contribution in [-0.4, -0.2) is 33.5 Å². The number of thiazole rings is 1. The SMILES string of the molecule is COCCCn1c(Sc2nc(-c3cc(C(F)(F)F)cc(C(F)(F)F)c3)cs2)nnc1-c1cccs1. The van der Waals surface area contributed by atoms with Gasteiger partial charge in [-0.15, -0.1) is 32.9 Å². The zero-order chi connectivity index (χ0) is 25.2. The summed E-state index contributed by atoms with van der Waals surface area (Å²) in [6.45, 7) is 1.07. The maximum absolute atomic E-state index is 13.2. The van der Waals surface area contributed by atoms with Gasteiger partial charge in [0.15, 0.2) is 15.3 Å². The summed E-state index contributed by atoms with van der Waals surface area (Å²) in [7, 11) is 1.59. The summed E-state index contributed by atoms with van der Waals surface area (Å²) >= 11 is 3.73. The van der Waals surface area contributed by atoms with E-state index in [1.54, 1.807) is 7.11 Å². The Hall–Kier alpha value is -2.42. The molecular weight excluding hydrogens is 534 g/mol. The van der Waals surface area contributed by atoms with Crippen molar-refractivity contribution in [3.8, 4) is 22.0 Å². The fraction of sp³-hybridized carbons (Fsp3) is 0.286. The van der Waals surface area contributed by atoms with Crippen molar-refractivity contribution < 1.29 is 31.1 Å². The zero-order valence-electron chi connectivity index (χ0n) is 17.9. The lowest BCUT2D eigenvalue weighted by Crippen LogP contribution is -2.11. The van der Waals surface area contributed by atoms with Gasteiger partial charge in [0.25, 0.3) is 0 Å². The van der Waals surface area contributed by atoms with Crippen LogP contribution in [0.3, 0.4) is 0 Å². The minimum atomic E-state index is -4.93. The van der Waals surface area contributed by atoms with Crippen molar-refractivity contribution in [2.75, 3.05) is 13.7 Å². The third-order valence-electron chi connectivity index (χ3n) is 4.73. The van der Waals surface area contributed by atoms with E-state index in [0.29, 0.717) is 47.0 Å². The van der Waals surface area contributed by atoms with Gasteiger partial charge in [-0.1, -0.05) is 6.07 Å². The predicted octanol–water partition coefficient (Wildman–Crippen LogP) is 7.36. The molecule has 0 bridgehead atoms. The minimum absolute atomic E-state index is 0.0121. The number of aromatic nitrogens is 4. The van der Waals surface area contributed by atoms with Crippen LogP contribution in [0.15, 0.2) is 50.6 Å². The Kier molecular flexibility index (Phi) is 7.54. The van der Waals surface area contributed by atoms with Gasteiger partial charge in [0, 0.05) is 31.2 Å². The molecular formula is C21H16F6N4OS3. The quantitative estimate of drug-likeness (QED) is 0.170. The van der Waals surface area contributed by atoms with Gasteiger partial charge in [0.05, 0.1) is 21.7 Å². The van der Waals surface area contributed by atoms with Crippen molar-refractivity contribution in [2.24, 2.45) is 0 Å². The molecule has 3 heterocycles. The zero-order valence-corrected chi connectivity index (χ0v) is 20.3. The van der Waals surface area contributed by atoms with Crippen LogP contribution in [0.4, 0.5) is 26.3 Å². The average molecular weight is 551 g/mol. The molecule has 14 heteroatoms. The van der Waals surface area contributed by atoms with Crippen LogP contribution >= 0.6 is 34.4 Å². The van der Waals surface area contributed by atoms with Gasteiger partial charge in [-0.05, 0) is 47.8 Å². The first-order chi connectivity index (χ1) is 16.6. The van der Waals surface area contributed by atoms with E-state index in [-0.39, 0.29) is 17.3 Å². The highest BCUT2D eigenvalue weighted by molar-refractivity contribution is 8.00. The monoisotopic (exact) mass is 550 g/mol. The predicted molar refractivity (Wildman–Crippen MR) is 122 cm³/mol. The third-order valence-corrected chi connectivity index (χ3v) is 7.52. The molecule has 0 N–H and O–H groups in total. The van der Waals surface area contributed by atoms with Crippen LogP contribution in [0.5, 0.6) is 0 Å². The molecule has 0 fully saturated rings. The van der Waals surface area contributed by atoms with Crippen molar-refractivity contribution in [1.82, 2.24) is 19.7 Å². The molecule has 0 aliphatic carbocycles. The Morgan fingerprint density at radius 2 is 1.71 bits per heavy atom. The van der Waals surface area contributed by atoms with Crippen molar-refractivity contribution >= 4 is 34.4 Å². The Morgan fingerprint density at radius 1 is 1.00 bits per heavy atom. The second-order valence-corrected chi connectivity index (χ2v) is 10.2. The van der Waals surface area contributed by atoms with Crippen molar-refractivity contribution in [3.05, 3.63) is 52.2 Å². The number of hydrogen-bond acceptors (Lipinski definition) is 7.